The molecule has 5 heteroatoms. The summed E-state index contributed by atoms with van der Waals surface area (Å²) in [6, 6.07) is 3.71. The summed E-state index contributed by atoms with van der Waals surface area (Å²) in [6.07, 6.45) is 5.84. The second kappa shape index (κ2) is 4.34. The Morgan fingerprint density at radius 3 is 2.93 bits per heavy atom. The van der Waals surface area contributed by atoms with E-state index < -0.39 is 0 Å². The number of thiophene rings is 1. The maximum atomic E-state index is 10.4. The average molecular weight is 222 g/mol. The predicted octanol–water partition coefficient (Wildman–Crippen LogP) is 2.50. The lowest BCUT2D eigenvalue weighted by atomic mass is 10.5. The van der Waals surface area contributed by atoms with E-state index in [1.54, 1.807) is 24.7 Å². The highest BCUT2D eigenvalue weighted by molar-refractivity contribution is 8.01. The van der Waals surface area contributed by atoms with Crippen molar-refractivity contribution in [3.05, 3.63) is 35.6 Å². The first kappa shape index (κ1) is 9.36. The average Bonchev–Trinajstić information content (AvgIpc) is 2.67. The Kier molecular flexibility index (Phi) is 2.90. The van der Waals surface area contributed by atoms with Crippen molar-refractivity contribution in [1.29, 1.82) is 0 Å². The number of aldehydes is 1. The number of hydrogen-bond donors (Lipinski definition) is 0. The van der Waals surface area contributed by atoms with Crippen molar-refractivity contribution in [2.45, 2.75) is 9.24 Å². The second-order valence-corrected chi connectivity index (χ2v) is 4.86. The molecule has 0 bridgehead atoms. The number of carbonyl (C=O) groups excluding carboxylic acids is 1. The highest BCUT2D eigenvalue weighted by atomic mass is 32.2. The molecule has 0 saturated carbocycles. The van der Waals surface area contributed by atoms with Crippen molar-refractivity contribution in [2.24, 2.45) is 0 Å². The molecule has 3 nitrogen and oxygen atoms in total. The monoisotopic (exact) mass is 222 g/mol. The molecular formula is C9H6N2OS2. The zero-order chi connectivity index (χ0) is 9.80. The third-order valence-corrected chi connectivity index (χ3v) is 3.53. The quantitative estimate of drug-likeness (QED) is 0.748. The number of nitrogens with zero attached hydrogens (tertiary/aromatic N) is 2. The standard InChI is InChI=1S/C9H6N2OS2/c12-6-7-1-2-9(13-7)14-8-5-10-3-4-11-8/h1-6H. The molecular weight excluding hydrogens is 216 g/mol. The minimum Gasteiger partial charge on any atom is -0.297 e. The summed E-state index contributed by atoms with van der Waals surface area (Å²) in [5.41, 5.74) is 0. The molecule has 14 heavy (non-hydrogen) atoms. The van der Waals surface area contributed by atoms with Gasteiger partial charge in [-0.05, 0) is 12.1 Å². The van der Waals surface area contributed by atoms with Crippen LogP contribution in [0, 0.1) is 0 Å². The summed E-state index contributed by atoms with van der Waals surface area (Å²) in [5, 5.41) is 0.840. The Hall–Kier alpha value is -1.20. The van der Waals surface area contributed by atoms with Gasteiger partial charge in [0.2, 0.25) is 0 Å². The fourth-order valence-corrected chi connectivity index (χ4v) is 2.73. The number of carbonyl (C=O) groups is 1. The lowest BCUT2D eigenvalue weighted by Crippen LogP contribution is -1.77. The number of rotatable bonds is 3. The molecule has 0 radical (unpaired) electrons. The minimum atomic E-state index is 0.733. The third-order valence-electron chi connectivity index (χ3n) is 1.46. The van der Waals surface area contributed by atoms with Crippen molar-refractivity contribution >= 4 is 29.4 Å². The van der Waals surface area contributed by atoms with Gasteiger partial charge in [0.05, 0.1) is 15.3 Å². The van der Waals surface area contributed by atoms with Crippen LogP contribution < -0.4 is 0 Å². The van der Waals surface area contributed by atoms with Crippen molar-refractivity contribution in [3.8, 4) is 0 Å². The lowest BCUT2D eigenvalue weighted by Gasteiger charge is -1.93. The van der Waals surface area contributed by atoms with Crippen LogP contribution in [-0.4, -0.2) is 16.3 Å². The van der Waals surface area contributed by atoms with Crippen LogP contribution in [0.4, 0.5) is 0 Å². The van der Waals surface area contributed by atoms with E-state index in [4.69, 9.17) is 0 Å². The van der Waals surface area contributed by atoms with Gasteiger partial charge in [-0.25, -0.2) is 4.98 Å². The molecule has 0 unspecified atom stereocenters. The van der Waals surface area contributed by atoms with Gasteiger partial charge in [0.1, 0.15) is 5.03 Å². The molecule has 0 amide bonds. The van der Waals surface area contributed by atoms with Gasteiger partial charge in [-0.2, -0.15) is 0 Å². The van der Waals surface area contributed by atoms with E-state index in [9.17, 15) is 4.79 Å². The fraction of sp³-hybridized carbons (Fsp3) is 0. The largest absolute Gasteiger partial charge is 0.297 e. The van der Waals surface area contributed by atoms with E-state index in [1.807, 2.05) is 6.07 Å². The summed E-state index contributed by atoms with van der Waals surface area (Å²) in [6.45, 7) is 0. The molecule has 0 aromatic carbocycles. The third kappa shape index (κ3) is 2.18. The van der Waals surface area contributed by atoms with Crippen LogP contribution in [0.5, 0.6) is 0 Å². The molecule has 2 rings (SSSR count). The minimum absolute atomic E-state index is 0.733. The molecule has 0 aliphatic rings. The van der Waals surface area contributed by atoms with Gasteiger partial charge in [0, 0.05) is 12.4 Å². The van der Waals surface area contributed by atoms with Gasteiger partial charge < -0.3 is 0 Å². The molecule has 0 saturated heterocycles. The first-order valence-electron chi connectivity index (χ1n) is 3.87. The summed E-state index contributed by atoms with van der Waals surface area (Å²) in [4.78, 5) is 19.3. The van der Waals surface area contributed by atoms with Crippen LogP contribution in [0.3, 0.4) is 0 Å². The second-order valence-electron chi connectivity index (χ2n) is 2.42. The SMILES string of the molecule is O=Cc1ccc(Sc2cnccn2)s1. The van der Waals surface area contributed by atoms with Crippen LogP contribution in [0.1, 0.15) is 9.67 Å². The van der Waals surface area contributed by atoms with Crippen LogP contribution in [0.2, 0.25) is 0 Å². The van der Waals surface area contributed by atoms with E-state index >= 15 is 0 Å². The predicted molar refractivity (Wildman–Crippen MR) is 55.9 cm³/mol. The highest BCUT2D eigenvalue weighted by Crippen LogP contribution is 2.30. The molecule has 0 aliphatic carbocycles. The van der Waals surface area contributed by atoms with Crippen molar-refractivity contribution in [3.63, 3.8) is 0 Å². The molecule has 2 heterocycles. The van der Waals surface area contributed by atoms with Crippen LogP contribution in [0.25, 0.3) is 0 Å². The maximum Gasteiger partial charge on any atom is 0.160 e. The van der Waals surface area contributed by atoms with Crippen LogP contribution in [0.15, 0.2) is 40.0 Å². The van der Waals surface area contributed by atoms with Crippen molar-refractivity contribution in [2.75, 3.05) is 0 Å². The van der Waals surface area contributed by atoms with Gasteiger partial charge in [-0.3, -0.25) is 9.78 Å². The Morgan fingerprint density at radius 2 is 2.29 bits per heavy atom. The van der Waals surface area contributed by atoms with E-state index in [2.05, 4.69) is 9.97 Å². The highest BCUT2D eigenvalue weighted by Gasteiger charge is 2.01. The molecule has 2 aromatic heterocycles. The summed E-state index contributed by atoms with van der Waals surface area (Å²) in [7, 11) is 0. The molecule has 0 aliphatic heterocycles. The Labute approximate surface area is 89.2 Å². The first-order valence-corrected chi connectivity index (χ1v) is 5.50. The van der Waals surface area contributed by atoms with Crippen LogP contribution >= 0.6 is 23.1 Å². The number of hydrogen-bond acceptors (Lipinski definition) is 5. The topological polar surface area (TPSA) is 42.9 Å². The zero-order valence-electron chi connectivity index (χ0n) is 7.08. The van der Waals surface area contributed by atoms with E-state index in [-0.39, 0.29) is 0 Å². The number of aromatic nitrogens is 2. The van der Waals surface area contributed by atoms with Gasteiger partial charge in [0.25, 0.3) is 0 Å². The summed E-state index contributed by atoms with van der Waals surface area (Å²) in [5.74, 6) is 0. The molecule has 0 N–H and O–H groups in total. The van der Waals surface area contributed by atoms with E-state index in [0.29, 0.717) is 0 Å². The lowest BCUT2D eigenvalue weighted by molar-refractivity contribution is 0.112. The normalized spacial score (nSPS) is 10.0. The molecule has 70 valence electrons. The Morgan fingerprint density at radius 1 is 1.36 bits per heavy atom. The summed E-state index contributed by atoms with van der Waals surface area (Å²) < 4.78 is 1.05. The maximum absolute atomic E-state index is 10.4. The van der Waals surface area contributed by atoms with Gasteiger partial charge >= 0.3 is 0 Å². The molecule has 0 atom stereocenters. The Bertz CT molecular complexity index is 427. The van der Waals surface area contributed by atoms with Gasteiger partial charge in [-0.1, -0.05) is 11.8 Å². The molecule has 2 aromatic rings. The van der Waals surface area contributed by atoms with Crippen molar-refractivity contribution < 1.29 is 4.79 Å². The zero-order valence-corrected chi connectivity index (χ0v) is 8.72. The first-order chi connectivity index (χ1) is 6.88. The fourth-order valence-electron chi connectivity index (χ4n) is 0.894. The van der Waals surface area contributed by atoms with Crippen LogP contribution in [-0.2, 0) is 0 Å². The Balaban J connectivity index is 2.15. The van der Waals surface area contributed by atoms with E-state index in [1.165, 1.54) is 23.1 Å². The van der Waals surface area contributed by atoms with Gasteiger partial charge in [0.15, 0.2) is 6.29 Å². The van der Waals surface area contributed by atoms with Crippen molar-refractivity contribution in [1.82, 2.24) is 9.97 Å². The van der Waals surface area contributed by atoms with Gasteiger partial charge in [-0.15, -0.1) is 11.3 Å². The van der Waals surface area contributed by atoms with E-state index in [0.717, 1.165) is 20.4 Å². The molecule has 0 spiro atoms. The summed E-state index contributed by atoms with van der Waals surface area (Å²) >= 11 is 2.96. The molecule has 0 fully saturated rings. The smallest absolute Gasteiger partial charge is 0.160 e.